The first-order valence-electron chi connectivity index (χ1n) is 6.44. The van der Waals surface area contributed by atoms with E-state index in [4.69, 9.17) is 0 Å². The molecule has 7 heteroatoms. The minimum absolute atomic E-state index is 0.193. The van der Waals surface area contributed by atoms with Crippen molar-refractivity contribution in [3.05, 3.63) is 39.4 Å². The molecule has 0 unspecified atom stereocenters. The second kappa shape index (κ2) is 5.68. The van der Waals surface area contributed by atoms with Gasteiger partial charge in [0.1, 0.15) is 5.69 Å². The lowest BCUT2D eigenvalue weighted by atomic mass is 10.2. The van der Waals surface area contributed by atoms with Gasteiger partial charge in [-0.2, -0.15) is 10.2 Å². The predicted molar refractivity (Wildman–Crippen MR) is 74.8 cm³/mol. The van der Waals surface area contributed by atoms with Crippen molar-refractivity contribution >= 4 is 11.7 Å². The highest BCUT2D eigenvalue weighted by Gasteiger charge is 2.13. The maximum Gasteiger partial charge on any atom is 0.277 e. The molecule has 1 amide bonds. The average molecular weight is 275 g/mol. The molecule has 0 saturated carbocycles. The van der Waals surface area contributed by atoms with Crippen LogP contribution in [0.3, 0.4) is 0 Å². The third kappa shape index (κ3) is 2.76. The second-order valence-corrected chi connectivity index (χ2v) is 4.56. The summed E-state index contributed by atoms with van der Waals surface area (Å²) in [5.74, 6) is 0.0898. The van der Waals surface area contributed by atoms with Crippen LogP contribution in [0.15, 0.2) is 16.9 Å². The van der Waals surface area contributed by atoms with Crippen molar-refractivity contribution in [2.75, 3.05) is 5.32 Å². The Bertz CT molecular complexity index is 686. The summed E-state index contributed by atoms with van der Waals surface area (Å²) in [6.07, 6.45) is 0.773. The SMILES string of the molecule is CCCn1nc(C(=O)Nc2n[nH]c(C)c2C)ccc1=O. The van der Waals surface area contributed by atoms with E-state index in [1.807, 2.05) is 20.8 Å². The number of rotatable bonds is 4. The third-order valence-corrected chi connectivity index (χ3v) is 3.02. The lowest BCUT2D eigenvalue weighted by Gasteiger charge is -2.06. The van der Waals surface area contributed by atoms with E-state index < -0.39 is 0 Å². The fourth-order valence-electron chi connectivity index (χ4n) is 1.72. The molecule has 0 saturated heterocycles. The van der Waals surface area contributed by atoms with Crippen LogP contribution in [0.4, 0.5) is 5.82 Å². The molecule has 2 heterocycles. The van der Waals surface area contributed by atoms with Crippen molar-refractivity contribution in [1.29, 1.82) is 0 Å². The van der Waals surface area contributed by atoms with E-state index in [0.717, 1.165) is 17.7 Å². The monoisotopic (exact) mass is 275 g/mol. The standard InChI is InChI=1S/C13H17N5O2/c1-4-7-18-11(19)6-5-10(17-18)13(20)14-12-8(2)9(3)15-16-12/h5-6H,4,7H2,1-3H3,(H2,14,15,16,20). The molecule has 0 spiro atoms. The van der Waals surface area contributed by atoms with Gasteiger partial charge in [0.2, 0.25) is 0 Å². The van der Waals surface area contributed by atoms with Gasteiger partial charge in [-0.25, -0.2) is 4.68 Å². The first-order chi connectivity index (χ1) is 9.52. The van der Waals surface area contributed by atoms with Crippen LogP contribution in [0.2, 0.25) is 0 Å². The molecule has 2 rings (SSSR count). The van der Waals surface area contributed by atoms with Crippen LogP contribution in [-0.2, 0) is 6.54 Å². The Hall–Kier alpha value is -2.44. The smallest absolute Gasteiger partial charge is 0.277 e. The highest BCUT2D eigenvalue weighted by Crippen LogP contribution is 2.14. The van der Waals surface area contributed by atoms with Crippen LogP contribution in [0.25, 0.3) is 0 Å². The van der Waals surface area contributed by atoms with Gasteiger partial charge in [0, 0.05) is 23.9 Å². The number of hydrogen-bond donors (Lipinski definition) is 2. The van der Waals surface area contributed by atoms with Crippen LogP contribution >= 0.6 is 0 Å². The molecule has 0 atom stereocenters. The average Bonchev–Trinajstić information content (AvgIpc) is 2.73. The third-order valence-electron chi connectivity index (χ3n) is 3.02. The molecular weight excluding hydrogens is 258 g/mol. The fourth-order valence-corrected chi connectivity index (χ4v) is 1.72. The highest BCUT2D eigenvalue weighted by atomic mass is 16.2. The molecule has 7 nitrogen and oxygen atoms in total. The van der Waals surface area contributed by atoms with E-state index in [9.17, 15) is 9.59 Å². The summed E-state index contributed by atoms with van der Waals surface area (Å²) in [6.45, 7) is 6.16. The molecule has 2 N–H and O–H groups in total. The molecule has 0 aliphatic heterocycles. The quantitative estimate of drug-likeness (QED) is 0.878. The van der Waals surface area contributed by atoms with Gasteiger partial charge in [-0.3, -0.25) is 14.7 Å². The number of nitrogens with zero attached hydrogens (tertiary/aromatic N) is 3. The number of aryl methyl sites for hydroxylation is 2. The predicted octanol–water partition coefficient (Wildman–Crippen LogP) is 1.25. The van der Waals surface area contributed by atoms with Gasteiger partial charge in [0.25, 0.3) is 11.5 Å². The van der Waals surface area contributed by atoms with Gasteiger partial charge in [0.15, 0.2) is 5.82 Å². The molecule has 0 bridgehead atoms. The summed E-state index contributed by atoms with van der Waals surface area (Å²) in [5.41, 5.74) is 1.75. The van der Waals surface area contributed by atoms with E-state index in [2.05, 4.69) is 20.6 Å². The van der Waals surface area contributed by atoms with Gasteiger partial charge in [-0.15, -0.1) is 0 Å². The number of hydrogen-bond acceptors (Lipinski definition) is 4. The molecule has 2 aromatic heterocycles. The van der Waals surface area contributed by atoms with Crippen molar-refractivity contribution in [2.45, 2.75) is 33.7 Å². The number of anilines is 1. The minimum Gasteiger partial charge on any atom is -0.303 e. The Labute approximate surface area is 116 Å². The van der Waals surface area contributed by atoms with Crippen LogP contribution in [-0.4, -0.2) is 25.9 Å². The maximum absolute atomic E-state index is 12.1. The summed E-state index contributed by atoms with van der Waals surface area (Å²) >= 11 is 0. The second-order valence-electron chi connectivity index (χ2n) is 4.56. The number of amides is 1. The molecule has 0 aliphatic carbocycles. The van der Waals surface area contributed by atoms with E-state index in [1.165, 1.54) is 16.8 Å². The van der Waals surface area contributed by atoms with Gasteiger partial charge in [-0.1, -0.05) is 6.92 Å². The summed E-state index contributed by atoms with van der Waals surface area (Å²) in [7, 11) is 0. The summed E-state index contributed by atoms with van der Waals surface area (Å²) in [5, 5.41) is 13.5. The first kappa shape index (κ1) is 14.0. The molecule has 2 aromatic rings. The number of nitrogens with one attached hydrogen (secondary N) is 2. The molecular formula is C13H17N5O2. The Balaban J connectivity index is 2.23. The Morgan fingerprint density at radius 1 is 1.40 bits per heavy atom. The normalized spacial score (nSPS) is 10.6. The largest absolute Gasteiger partial charge is 0.303 e. The van der Waals surface area contributed by atoms with Gasteiger partial charge >= 0.3 is 0 Å². The molecule has 0 radical (unpaired) electrons. The number of H-pyrrole nitrogens is 1. The van der Waals surface area contributed by atoms with Crippen LogP contribution in [0.5, 0.6) is 0 Å². The van der Waals surface area contributed by atoms with E-state index in [1.54, 1.807) is 0 Å². The van der Waals surface area contributed by atoms with Crippen molar-refractivity contribution < 1.29 is 4.79 Å². The highest BCUT2D eigenvalue weighted by molar-refractivity contribution is 6.02. The summed E-state index contributed by atoms with van der Waals surface area (Å²) in [6, 6.07) is 2.76. The topological polar surface area (TPSA) is 92.7 Å². The Morgan fingerprint density at radius 2 is 2.15 bits per heavy atom. The first-order valence-corrected chi connectivity index (χ1v) is 6.44. The summed E-state index contributed by atoms with van der Waals surface area (Å²) < 4.78 is 1.29. The molecule has 0 aromatic carbocycles. The van der Waals surface area contributed by atoms with Gasteiger partial charge < -0.3 is 5.32 Å². The maximum atomic E-state index is 12.1. The molecule has 106 valence electrons. The lowest BCUT2D eigenvalue weighted by Crippen LogP contribution is -2.26. The van der Waals surface area contributed by atoms with Crippen molar-refractivity contribution in [3.8, 4) is 0 Å². The Kier molecular flexibility index (Phi) is 3.97. The molecule has 0 aliphatic rings. The van der Waals surface area contributed by atoms with Crippen LogP contribution in [0, 0.1) is 13.8 Å². The van der Waals surface area contributed by atoms with Crippen molar-refractivity contribution in [3.63, 3.8) is 0 Å². The molecule has 0 fully saturated rings. The van der Waals surface area contributed by atoms with E-state index >= 15 is 0 Å². The summed E-state index contributed by atoms with van der Waals surface area (Å²) in [4.78, 5) is 23.7. The lowest BCUT2D eigenvalue weighted by molar-refractivity contribution is 0.101. The van der Waals surface area contributed by atoms with E-state index in [0.29, 0.717) is 12.4 Å². The van der Waals surface area contributed by atoms with Crippen molar-refractivity contribution in [1.82, 2.24) is 20.0 Å². The zero-order valence-corrected chi connectivity index (χ0v) is 11.7. The Morgan fingerprint density at radius 3 is 2.75 bits per heavy atom. The van der Waals surface area contributed by atoms with Crippen molar-refractivity contribution in [2.24, 2.45) is 0 Å². The van der Waals surface area contributed by atoms with Crippen LogP contribution < -0.4 is 10.9 Å². The number of carbonyl (C=O) groups excluding carboxylic acids is 1. The zero-order valence-electron chi connectivity index (χ0n) is 11.7. The van der Waals surface area contributed by atoms with Gasteiger partial charge in [-0.05, 0) is 26.3 Å². The minimum atomic E-state index is -0.385. The number of aromatic nitrogens is 4. The van der Waals surface area contributed by atoms with Crippen LogP contribution in [0.1, 0.15) is 35.1 Å². The number of carbonyl (C=O) groups is 1. The number of aromatic amines is 1. The van der Waals surface area contributed by atoms with E-state index in [-0.39, 0.29) is 17.2 Å². The molecule has 20 heavy (non-hydrogen) atoms. The zero-order chi connectivity index (χ0) is 14.7. The fraction of sp³-hybridized carbons (Fsp3) is 0.385. The van der Waals surface area contributed by atoms with Gasteiger partial charge in [0.05, 0.1) is 0 Å².